The van der Waals surface area contributed by atoms with E-state index < -0.39 is 7.82 Å². The first-order chi connectivity index (χ1) is 2.00. The van der Waals surface area contributed by atoms with Gasteiger partial charge in [-0.15, -0.1) is 0 Å². The molecular formula is H3Mg2NO4P+. The van der Waals surface area contributed by atoms with Crippen LogP contribution in [0.25, 0.3) is 0 Å². The van der Waals surface area contributed by atoms with E-state index >= 15 is 0 Å². The first-order valence-electron chi connectivity index (χ1n) is 0.730. The first kappa shape index (κ1) is 22.6. The van der Waals surface area contributed by atoms with Gasteiger partial charge >= 0.3 is 46.1 Å². The Morgan fingerprint density at radius 1 is 1.00 bits per heavy atom. The maximum absolute atomic E-state index is 8.55. The van der Waals surface area contributed by atoms with Crippen LogP contribution in [0.1, 0.15) is 0 Å². The second kappa shape index (κ2) is 8.60. The molecule has 40 valence electrons. The molecule has 0 atom stereocenters. The minimum atomic E-state index is -5.39. The topological polar surface area (TPSA) is 121 Å². The number of hydrogen-bond acceptors (Lipinski definition) is 5. The summed E-state index contributed by atoms with van der Waals surface area (Å²) in [5.74, 6) is 0. The molecule has 5 nitrogen and oxygen atoms in total. The predicted octanol–water partition coefficient (Wildman–Crippen LogP) is -3.42. The van der Waals surface area contributed by atoms with E-state index in [-0.39, 0.29) is 52.3 Å². The maximum atomic E-state index is 8.55. The normalized spacial score (nSPS) is 7.38. The molecule has 0 heterocycles. The van der Waals surface area contributed by atoms with Gasteiger partial charge in [-0.05, 0) is 0 Å². The van der Waals surface area contributed by atoms with Crippen molar-refractivity contribution in [1.29, 1.82) is 0 Å². The standard InChI is InChI=1S/2Mg.H3N.H3O4P/c;;;1-5(2,3)4/h;;1H3;(H3,1,2,3,4)/q2*+2;;/p-3. The molecule has 0 saturated carbocycles. The van der Waals surface area contributed by atoms with Gasteiger partial charge in [0.2, 0.25) is 0 Å². The van der Waals surface area contributed by atoms with E-state index in [9.17, 15) is 0 Å². The van der Waals surface area contributed by atoms with Crippen molar-refractivity contribution in [2.24, 2.45) is 0 Å². The first-order valence-corrected chi connectivity index (χ1v) is 2.19. The van der Waals surface area contributed by atoms with Gasteiger partial charge in [-0.25, -0.2) is 0 Å². The van der Waals surface area contributed by atoms with Crippen molar-refractivity contribution >= 4 is 53.9 Å². The van der Waals surface area contributed by atoms with E-state index in [1.165, 1.54) is 0 Å². The fourth-order valence-electron chi connectivity index (χ4n) is 0. The van der Waals surface area contributed by atoms with Gasteiger partial charge in [0.25, 0.3) is 0 Å². The summed E-state index contributed by atoms with van der Waals surface area (Å²) in [7, 11) is -5.39. The molecule has 0 aromatic carbocycles. The zero-order valence-electron chi connectivity index (χ0n) is 4.20. The zero-order chi connectivity index (χ0) is 4.50. The van der Waals surface area contributed by atoms with Crippen LogP contribution in [-0.4, -0.2) is 46.1 Å². The second-order valence-electron chi connectivity index (χ2n) is 0.447. The van der Waals surface area contributed by atoms with Crippen LogP contribution in [0.4, 0.5) is 0 Å². The molecule has 0 amide bonds. The van der Waals surface area contributed by atoms with Gasteiger partial charge in [-0.3, -0.25) is 0 Å². The van der Waals surface area contributed by atoms with Gasteiger partial charge in [-0.2, -0.15) is 7.82 Å². The van der Waals surface area contributed by atoms with Gasteiger partial charge in [0.15, 0.2) is 0 Å². The largest absolute Gasteiger partial charge is 2.00 e. The summed E-state index contributed by atoms with van der Waals surface area (Å²) in [5, 5.41) is 0. The Labute approximate surface area is 79.0 Å². The number of rotatable bonds is 0. The van der Waals surface area contributed by atoms with Crippen LogP contribution in [0, 0.1) is 0 Å². The molecule has 3 N–H and O–H groups in total. The van der Waals surface area contributed by atoms with Crippen LogP contribution in [0.15, 0.2) is 0 Å². The number of hydrogen-bond donors (Lipinski definition) is 1. The molecule has 0 aromatic heterocycles. The Morgan fingerprint density at radius 3 is 1.00 bits per heavy atom. The van der Waals surface area contributed by atoms with E-state index in [1.807, 2.05) is 0 Å². The monoisotopic (exact) mass is 160 g/mol. The number of phosphoric acid groups is 1. The second-order valence-corrected chi connectivity index (χ2v) is 1.34. The van der Waals surface area contributed by atoms with Crippen molar-refractivity contribution in [2.75, 3.05) is 0 Å². The summed E-state index contributed by atoms with van der Waals surface area (Å²) in [5.41, 5.74) is 0. The van der Waals surface area contributed by atoms with Gasteiger partial charge in [0, 0.05) is 0 Å². The maximum Gasteiger partial charge on any atom is 2.00 e. The van der Waals surface area contributed by atoms with E-state index in [1.54, 1.807) is 0 Å². The van der Waals surface area contributed by atoms with Crippen molar-refractivity contribution in [3.63, 3.8) is 0 Å². The van der Waals surface area contributed by atoms with E-state index in [0.29, 0.717) is 0 Å². The molecule has 0 aliphatic carbocycles. The summed E-state index contributed by atoms with van der Waals surface area (Å²) in [4.78, 5) is 25.6. The van der Waals surface area contributed by atoms with Crippen molar-refractivity contribution < 1.29 is 19.2 Å². The fraction of sp³-hybridized carbons (Fsp3) is 0. The van der Waals surface area contributed by atoms with E-state index in [2.05, 4.69) is 0 Å². The van der Waals surface area contributed by atoms with Gasteiger partial charge in [0.05, 0.1) is 0 Å². The summed E-state index contributed by atoms with van der Waals surface area (Å²) < 4.78 is 8.55. The third-order valence-corrected chi connectivity index (χ3v) is 0. The molecular weight excluding hydrogens is 158 g/mol. The third kappa shape index (κ3) is 129. The fourth-order valence-corrected chi connectivity index (χ4v) is 0. The molecule has 0 aromatic rings. The summed E-state index contributed by atoms with van der Waals surface area (Å²) >= 11 is 0. The molecule has 0 aliphatic heterocycles. The Hall–Kier alpha value is 1.60. The average Bonchev–Trinajstić information content (AvgIpc) is 0.722. The summed E-state index contributed by atoms with van der Waals surface area (Å²) in [6.45, 7) is 0. The van der Waals surface area contributed by atoms with Gasteiger partial charge in [-0.1, -0.05) is 0 Å². The Morgan fingerprint density at radius 2 is 1.00 bits per heavy atom. The molecule has 0 spiro atoms. The van der Waals surface area contributed by atoms with Crippen molar-refractivity contribution in [2.45, 2.75) is 0 Å². The summed E-state index contributed by atoms with van der Waals surface area (Å²) in [6.07, 6.45) is 0. The van der Waals surface area contributed by atoms with E-state index in [4.69, 9.17) is 19.2 Å². The smallest absolute Gasteiger partial charge is 0.822 e. The average molecular weight is 161 g/mol. The summed E-state index contributed by atoms with van der Waals surface area (Å²) in [6, 6.07) is 0. The molecule has 0 unspecified atom stereocenters. The zero-order valence-corrected chi connectivity index (χ0v) is 7.92. The van der Waals surface area contributed by atoms with Crippen molar-refractivity contribution in [1.82, 2.24) is 6.15 Å². The predicted molar refractivity (Wildman–Crippen MR) is 24.1 cm³/mol. The van der Waals surface area contributed by atoms with Crippen LogP contribution in [0.3, 0.4) is 0 Å². The molecule has 0 rings (SSSR count). The van der Waals surface area contributed by atoms with Crippen LogP contribution in [-0.2, 0) is 4.57 Å². The quantitative estimate of drug-likeness (QED) is 0.292. The Kier molecular flexibility index (Phi) is 24.3. The Bertz CT molecular complexity index is 60.2. The molecule has 0 bridgehead atoms. The molecule has 0 aliphatic rings. The minimum absolute atomic E-state index is 0. The van der Waals surface area contributed by atoms with Crippen LogP contribution in [0.5, 0.6) is 0 Å². The van der Waals surface area contributed by atoms with Crippen LogP contribution >= 0.6 is 7.82 Å². The van der Waals surface area contributed by atoms with Crippen LogP contribution < -0.4 is 20.8 Å². The minimum Gasteiger partial charge on any atom is -0.822 e. The van der Waals surface area contributed by atoms with Gasteiger partial charge < -0.3 is 25.4 Å². The van der Waals surface area contributed by atoms with Gasteiger partial charge in [0.1, 0.15) is 0 Å². The molecule has 0 fully saturated rings. The van der Waals surface area contributed by atoms with Crippen molar-refractivity contribution in [3.8, 4) is 0 Å². The van der Waals surface area contributed by atoms with Crippen molar-refractivity contribution in [3.05, 3.63) is 0 Å². The van der Waals surface area contributed by atoms with Crippen LogP contribution in [0.2, 0.25) is 0 Å². The molecule has 0 radical (unpaired) electrons. The SMILES string of the molecule is N.O=P([O-])([O-])[O-].[Mg+2].[Mg+2]. The molecule has 0 saturated heterocycles. The third-order valence-electron chi connectivity index (χ3n) is 0. The molecule has 8 heavy (non-hydrogen) atoms. The van der Waals surface area contributed by atoms with E-state index in [0.717, 1.165) is 0 Å². The molecule has 8 heteroatoms. The Balaban J connectivity index is -0.0000000267.